The third-order valence-electron chi connectivity index (χ3n) is 3.49. The summed E-state index contributed by atoms with van der Waals surface area (Å²) in [7, 11) is -1.00. The van der Waals surface area contributed by atoms with Crippen molar-refractivity contribution in [3.63, 3.8) is 0 Å². The van der Waals surface area contributed by atoms with Gasteiger partial charge in [0.1, 0.15) is 12.1 Å². The van der Waals surface area contributed by atoms with Gasteiger partial charge >= 0.3 is 7.12 Å². The first-order valence-electron chi connectivity index (χ1n) is 6.95. The third-order valence-corrected chi connectivity index (χ3v) is 3.49. The summed E-state index contributed by atoms with van der Waals surface area (Å²) in [5, 5.41) is 18.9. The Morgan fingerprint density at radius 3 is 3.00 bits per heavy atom. The highest BCUT2D eigenvalue weighted by Crippen LogP contribution is 2.35. The van der Waals surface area contributed by atoms with Crippen LogP contribution in [0.25, 0.3) is 0 Å². The molecule has 1 aromatic carbocycles. The second-order valence-corrected chi connectivity index (χ2v) is 5.76. The molecule has 6 nitrogen and oxygen atoms in total. The number of nitrogens with zero attached hydrogens (tertiary/aromatic N) is 1. The van der Waals surface area contributed by atoms with E-state index >= 15 is 0 Å². The molecule has 110 valence electrons. The lowest BCUT2D eigenvalue weighted by atomic mass is 9.78. The Morgan fingerprint density at radius 2 is 2.33 bits per heavy atom. The van der Waals surface area contributed by atoms with E-state index in [0.29, 0.717) is 23.6 Å². The first kappa shape index (κ1) is 14.2. The molecule has 0 spiro atoms. The summed E-state index contributed by atoms with van der Waals surface area (Å²) in [6, 6.07) is 5.59. The quantitative estimate of drug-likeness (QED) is 0.744. The van der Waals surface area contributed by atoms with Crippen molar-refractivity contribution in [1.82, 2.24) is 0 Å². The van der Waals surface area contributed by atoms with Crippen LogP contribution in [0.15, 0.2) is 12.1 Å². The number of fused-ring (bicyclic) bond motifs is 1. The molecule has 0 aromatic heterocycles. The summed E-state index contributed by atoms with van der Waals surface area (Å²) in [6.45, 7) is 1.99. The fourth-order valence-corrected chi connectivity index (χ4v) is 2.12. The van der Waals surface area contributed by atoms with Crippen molar-refractivity contribution in [2.45, 2.75) is 38.0 Å². The summed E-state index contributed by atoms with van der Waals surface area (Å²) >= 11 is 0. The molecule has 1 saturated carbocycles. The van der Waals surface area contributed by atoms with Gasteiger partial charge in [-0.3, -0.25) is 0 Å². The SMILES string of the molecule is C[C@](N)(C#N)COc1ccc2c(c1OC1CC1)B(O)OC2. The highest BCUT2D eigenvalue weighted by atomic mass is 16.5. The van der Waals surface area contributed by atoms with Crippen molar-refractivity contribution >= 4 is 12.6 Å². The van der Waals surface area contributed by atoms with Gasteiger partial charge in [0.25, 0.3) is 0 Å². The molecule has 1 heterocycles. The number of benzene rings is 1. The van der Waals surface area contributed by atoms with E-state index < -0.39 is 12.7 Å². The minimum Gasteiger partial charge on any atom is -0.487 e. The van der Waals surface area contributed by atoms with Crippen molar-refractivity contribution in [2.75, 3.05) is 6.61 Å². The number of rotatable bonds is 5. The van der Waals surface area contributed by atoms with Crippen molar-refractivity contribution < 1.29 is 19.2 Å². The Bertz CT molecular complexity index is 595. The average molecular weight is 288 g/mol. The Hall–Kier alpha value is -1.75. The van der Waals surface area contributed by atoms with Crippen LogP contribution >= 0.6 is 0 Å². The normalized spacial score (nSPS) is 19.6. The lowest BCUT2D eigenvalue weighted by molar-refractivity contribution is 0.236. The van der Waals surface area contributed by atoms with Crippen LogP contribution in [0.3, 0.4) is 0 Å². The predicted molar refractivity (Wildman–Crippen MR) is 76.2 cm³/mol. The highest BCUT2D eigenvalue weighted by molar-refractivity contribution is 6.62. The molecule has 1 aromatic rings. The molecule has 0 bridgehead atoms. The highest BCUT2D eigenvalue weighted by Gasteiger charge is 2.36. The molecule has 0 saturated heterocycles. The fourth-order valence-electron chi connectivity index (χ4n) is 2.12. The second-order valence-electron chi connectivity index (χ2n) is 5.76. The van der Waals surface area contributed by atoms with Crippen LogP contribution in [0.4, 0.5) is 0 Å². The molecule has 3 rings (SSSR count). The van der Waals surface area contributed by atoms with E-state index in [1.807, 2.05) is 12.1 Å². The van der Waals surface area contributed by atoms with Crippen LogP contribution in [0, 0.1) is 11.3 Å². The minimum absolute atomic E-state index is 0.0419. The first-order chi connectivity index (χ1) is 10.00. The van der Waals surface area contributed by atoms with Crippen molar-refractivity contribution in [1.29, 1.82) is 5.26 Å². The average Bonchev–Trinajstić information content (AvgIpc) is 3.20. The Kier molecular flexibility index (Phi) is 3.53. The molecule has 1 atom stereocenters. The van der Waals surface area contributed by atoms with Crippen LogP contribution < -0.4 is 20.7 Å². The van der Waals surface area contributed by atoms with Gasteiger partial charge in [-0.1, -0.05) is 6.07 Å². The Balaban J connectivity index is 1.89. The van der Waals surface area contributed by atoms with Crippen LogP contribution in [0.1, 0.15) is 25.3 Å². The summed E-state index contributed by atoms with van der Waals surface area (Å²) < 4.78 is 16.8. The maximum atomic E-state index is 9.96. The van der Waals surface area contributed by atoms with Gasteiger partial charge in [0.15, 0.2) is 11.5 Å². The molecular formula is C14H17BN2O4. The van der Waals surface area contributed by atoms with Crippen LogP contribution in [-0.2, 0) is 11.3 Å². The van der Waals surface area contributed by atoms with E-state index in [2.05, 4.69) is 0 Å². The van der Waals surface area contributed by atoms with Gasteiger partial charge in [-0.25, -0.2) is 0 Å². The van der Waals surface area contributed by atoms with Gasteiger partial charge < -0.3 is 24.9 Å². The second kappa shape index (κ2) is 5.22. The zero-order chi connectivity index (χ0) is 15.0. The summed E-state index contributed by atoms with van der Waals surface area (Å²) in [4.78, 5) is 0. The number of nitrogens with two attached hydrogens (primary N) is 1. The predicted octanol–water partition coefficient (Wildman–Crippen LogP) is 0.0653. The van der Waals surface area contributed by atoms with Crippen molar-refractivity contribution in [2.24, 2.45) is 5.73 Å². The Labute approximate surface area is 123 Å². The minimum atomic E-state index is -1.08. The van der Waals surface area contributed by atoms with Crippen molar-refractivity contribution in [3.05, 3.63) is 17.7 Å². The van der Waals surface area contributed by atoms with E-state index in [9.17, 15) is 5.02 Å². The monoisotopic (exact) mass is 288 g/mol. The number of ether oxygens (including phenoxy) is 2. The smallest absolute Gasteiger partial charge is 0.487 e. The maximum Gasteiger partial charge on any atom is 0.495 e. The van der Waals surface area contributed by atoms with E-state index in [-0.39, 0.29) is 12.7 Å². The zero-order valence-corrected chi connectivity index (χ0v) is 11.8. The molecule has 2 aliphatic rings. The lowest BCUT2D eigenvalue weighted by Gasteiger charge is -2.20. The topological polar surface area (TPSA) is 97.7 Å². The summed E-state index contributed by atoms with van der Waals surface area (Å²) in [5.74, 6) is 0.992. The van der Waals surface area contributed by atoms with E-state index in [0.717, 1.165) is 18.4 Å². The number of hydrogen-bond donors (Lipinski definition) is 2. The molecular weight excluding hydrogens is 271 g/mol. The maximum absolute atomic E-state index is 9.96. The van der Waals surface area contributed by atoms with Gasteiger partial charge in [0, 0.05) is 5.46 Å². The van der Waals surface area contributed by atoms with Crippen LogP contribution in [0.5, 0.6) is 11.5 Å². The van der Waals surface area contributed by atoms with E-state index in [4.69, 9.17) is 25.1 Å². The van der Waals surface area contributed by atoms with Gasteiger partial charge in [-0.2, -0.15) is 5.26 Å². The Morgan fingerprint density at radius 1 is 1.57 bits per heavy atom. The van der Waals surface area contributed by atoms with E-state index in [1.54, 1.807) is 13.0 Å². The summed E-state index contributed by atoms with van der Waals surface area (Å²) in [5.41, 5.74) is 6.20. The fraction of sp³-hybridized carbons (Fsp3) is 0.500. The van der Waals surface area contributed by atoms with Gasteiger partial charge in [-0.15, -0.1) is 0 Å². The molecule has 0 amide bonds. The van der Waals surface area contributed by atoms with Crippen molar-refractivity contribution in [3.8, 4) is 17.6 Å². The largest absolute Gasteiger partial charge is 0.495 e. The standard InChI is InChI=1S/C14H17BN2O4/c1-14(17,7-16)8-19-11-5-2-9-6-20-15(18)12(9)13(11)21-10-3-4-10/h2,5,10,18H,3-4,6,8,17H2,1H3/t14-/m0/s1. The molecule has 1 aliphatic heterocycles. The third kappa shape index (κ3) is 2.98. The zero-order valence-electron chi connectivity index (χ0n) is 11.8. The molecule has 0 radical (unpaired) electrons. The van der Waals surface area contributed by atoms with Crippen LogP contribution in [0.2, 0.25) is 0 Å². The molecule has 1 aliphatic carbocycles. The van der Waals surface area contributed by atoms with Gasteiger partial charge in [0.05, 0.1) is 18.8 Å². The number of nitriles is 1. The van der Waals surface area contributed by atoms with Gasteiger partial charge in [0.2, 0.25) is 0 Å². The molecule has 0 unspecified atom stereocenters. The van der Waals surface area contributed by atoms with Gasteiger partial charge in [-0.05, 0) is 31.4 Å². The molecule has 7 heteroatoms. The van der Waals surface area contributed by atoms with Crippen LogP contribution in [-0.4, -0.2) is 30.4 Å². The number of hydrogen-bond acceptors (Lipinski definition) is 6. The lowest BCUT2D eigenvalue weighted by Crippen LogP contribution is -2.41. The first-order valence-corrected chi connectivity index (χ1v) is 6.95. The molecule has 3 N–H and O–H groups in total. The summed E-state index contributed by atoms with van der Waals surface area (Å²) in [6.07, 6.45) is 2.14. The molecule has 21 heavy (non-hydrogen) atoms. The van der Waals surface area contributed by atoms with E-state index in [1.165, 1.54) is 0 Å². The molecule has 1 fully saturated rings.